The number of nitriles is 1. The molecule has 4 nitrogen and oxygen atoms in total. The minimum absolute atomic E-state index is 0.147. The molecule has 0 aliphatic heterocycles. The van der Waals surface area contributed by atoms with Gasteiger partial charge in [-0.1, -0.05) is 12.1 Å². The monoisotopic (exact) mass is 284 g/mol. The Kier molecular flexibility index (Phi) is 4.19. The van der Waals surface area contributed by atoms with Crippen molar-refractivity contribution >= 4 is 11.7 Å². The molecule has 0 saturated carbocycles. The zero-order valence-corrected chi connectivity index (χ0v) is 11.4. The number of nitrogen functional groups attached to an aromatic ring is 1. The molecule has 0 unspecified atom stereocenters. The van der Waals surface area contributed by atoms with Gasteiger partial charge in [-0.15, -0.1) is 0 Å². The van der Waals surface area contributed by atoms with Crippen molar-refractivity contribution in [2.24, 2.45) is 0 Å². The highest BCUT2D eigenvalue weighted by Gasteiger charge is 2.13. The van der Waals surface area contributed by atoms with E-state index in [9.17, 15) is 9.18 Å². The maximum Gasteiger partial charge on any atom is 0.340 e. The normalized spacial score (nSPS) is 9.95. The van der Waals surface area contributed by atoms with Crippen LogP contribution >= 0.6 is 0 Å². The third-order valence-corrected chi connectivity index (χ3v) is 3.08. The Morgan fingerprint density at radius 1 is 1.38 bits per heavy atom. The van der Waals surface area contributed by atoms with Crippen molar-refractivity contribution in [2.45, 2.75) is 13.5 Å². The van der Waals surface area contributed by atoms with Gasteiger partial charge in [0.2, 0.25) is 0 Å². The summed E-state index contributed by atoms with van der Waals surface area (Å²) in [5.41, 5.74) is 7.61. The summed E-state index contributed by atoms with van der Waals surface area (Å²) in [6, 6.07) is 10.8. The van der Waals surface area contributed by atoms with Crippen molar-refractivity contribution in [1.29, 1.82) is 5.26 Å². The minimum atomic E-state index is -0.627. The number of aryl methyl sites for hydroxylation is 1. The molecule has 5 heteroatoms. The minimum Gasteiger partial charge on any atom is -0.457 e. The van der Waals surface area contributed by atoms with Crippen LogP contribution in [0.25, 0.3) is 0 Å². The summed E-state index contributed by atoms with van der Waals surface area (Å²) in [5.74, 6) is -1.16. The number of esters is 1. The number of halogens is 1. The molecule has 0 atom stereocenters. The van der Waals surface area contributed by atoms with Gasteiger partial charge in [0, 0.05) is 11.3 Å². The van der Waals surface area contributed by atoms with Gasteiger partial charge in [0.25, 0.3) is 0 Å². The van der Waals surface area contributed by atoms with Crippen LogP contribution in [0.5, 0.6) is 0 Å². The van der Waals surface area contributed by atoms with Gasteiger partial charge in [-0.05, 0) is 36.8 Å². The van der Waals surface area contributed by atoms with Gasteiger partial charge in [0.05, 0.1) is 17.2 Å². The summed E-state index contributed by atoms with van der Waals surface area (Å²) in [6.07, 6.45) is 0. The molecule has 2 N–H and O–H groups in total. The van der Waals surface area contributed by atoms with Gasteiger partial charge in [-0.25, -0.2) is 9.18 Å². The molecule has 0 saturated heterocycles. The van der Waals surface area contributed by atoms with Crippen molar-refractivity contribution < 1.29 is 13.9 Å². The molecule has 2 aromatic carbocycles. The second kappa shape index (κ2) is 6.06. The number of ether oxygens (including phenoxy) is 1. The van der Waals surface area contributed by atoms with E-state index >= 15 is 0 Å². The van der Waals surface area contributed by atoms with Gasteiger partial charge >= 0.3 is 5.97 Å². The predicted octanol–water partition coefficient (Wildman–Crippen LogP) is 2.95. The van der Waals surface area contributed by atoms with Crippen LogP contribution < -0.4 is 5.73 Å². The molecule has 0 fully saturated rings. The lowest BCUT2D eigenvalue weighted by atomic mass is 10.1. The molecule has 0 radical (unpaired) electrons. The summed E-state index contributed by atoms with van der Waals surface area (Å²) in [5, 5.41) is 8.78. The van der Waals surface area contributed by atoms with E-state index in [0.29, 0.717) is 11.3 Å². The van der Waals surface area contributed by atoms with Crippen molar-refractivity contribution in [1.82, 2.24) is 0 Å². The third-order valence-electron chi connectivity index (χ3n) is 3.08. The van der Waals surface area contributed by atoms with Crippen molar-refractivity contribution in [2.75, 3.05) is 5.73 Å². The molecule has 0 heterocycles. The Labute approximate surface area is 121 Å². The highest BCUT2D eigenvalue weighted by atomic mass is 19.1. The van der Waals surface area contributed by atoms with E-state index in [-0.39, 0.29) is 17.7 Å². The Balaban J connectivity index is 2.15. The number of para-hydroxylation sites is 1. The molecule has 0 spiro atoms. The SMILES string of the molecule is Cc1cccc(C(=O)OCc2cc(C#N)ccc2F)c1N. The third kappa shape index (κ3) is 3.18. The molecular formula is C16H13FN2O2. The molecule has 2 aromatic rings. The van der Waals surface area contributed by atoms with Crippen molar-refractivity contribution in [3.63, 3.8) is 0 Å². The van der Waals surface area contributed by atoms with Gasteiger partial charge in [0.15, 0.2) is 0 Å². The lowest BCUT2D eigenvalue weighted by Crippen LogP contribution is -2.10. The number of anilines is 1. The van der Waals surface area contributed by atoms with Crippen LogP contribution in [0.2, 0.25) is 0 Å². The summed E-state index contributed by atoms with van der Waals surface area (Å²) >= 11 is 0. The highest BCUT2D eigenvalue weighted by Crippen LogP contribution is 2.18. The van der Waals surface area contributed by atoms with E-state index in [1.807, 2.05) is 6.07 Å². The summed E-state index contributed by atoms with van der Waals surface area (Å²) < 4.78 is 18.6. The molecule has 2 rings (SSSR count). The number of benzene rings is 2. The number of rotatable bonds is 3. The number of carbonyl (C=O) groups excluding carboxylic acids is 1. The Bertz CT molecular complexity index is 736. The smallest absolute Gasteiger partial charge is 0.340 e. The lowest BCUT2D eigenvalue weighted by molar-refractivity contribution is 0.0470. The fourth-order valence-electron chi connectivity index (χ4n) is 1.83. The van der Waals surface area contributed by atoms with Crippen LogP contribution in [0.4, 0.5) is 10.1 Å². The fraction of sp³-hybridized carbons (Fsp3) is 0.125. The van der Waals surface area contributed by atoms with Crippen LogP contribution in [0.3, 0.4) is 0 Å². The van der Waals surface area contributed by atoms with Crippen LogP contribution in [0, 0.1) is 24.1 Å². The Morgan fingerprint density at radius 3 is 2.86 bits per heavy atom. The maximum absolute atomic E-state index is 13.6. The van der Waals surface area contributed by atoms with E-state index in [4.69, 9.17) is 15.7 Å². The Morgan fingerprint density at radius 2 is 2.14 bits per heavy atom. The quantitative estimate of drug-likeness (QED) is 0.694. The summed E-state index contributed by atoms with van der Waals surface area (Å²) in [7, 11) is 0. The van der Waals surface area contributed by atoms with Crippen LogP contribution in [0.15, 0.2) is 36.4 Å². The molecule has 106 valence electrons. The van der Waals surface area contributed by atoms with Gasteiger partial charge in [-0.2, -0.15) is 5.26 Å². The van der Waals surface area contributed by atoms with Crippen LogP contribution in [-0.4, -0.2) is 5.97 Å². The summed E-state index contributed by atoms with van der Waals surface area (Å²) in [4.78, 5) is 12.0. The topological polar surface area (TPSA) is 76.1 Å². The zero-order valence-electron chi connectivity index (χ0n) is 11.4. The van der Waals surface area contributed by atoms with Gasteiger partial charge in [-0.3, -0.25) is 0 Å². The fourth-order valence-corrected chi connectivity index (χ4v) is 1.83. The number of nitrogens with two attached hydrogens (primary N) is 1. The molecule has 0 bridgehead atoms. The molecule has 21 heavy (non-hydrogen) atoms. The largest absolute Gasteiger partial charge is 0.457 e. The van der Waals surface area contributed by atoms with Gasteiger partial charge < -0.3 is 10.5 Å². The first-order valence-electron chi connectivity index (χ1n) is 6.23. The van der Waals surface area contributed by atoms with Crippen molar-refractivity contribution in [3.8, 4) is 6.07 Å². The highest BCUT2D eigenvalue weighted by molar-refractivity contribution is 5.95. The number of carbonyl (C=O) groups is 1. The number of hydrogen-bond donors (Lipinski definition) is 1. The molecule has 0 aromatic heterocycles. The zero-order chi connectivity index (χ0) is 15.4. The molecule has 0 aliphatic carbocycles. The maximum atomic E-state index is 13.6. The van der Waals surface area contributed by atoms with Crippen LogP contribution in [-0.2, 0) is 11.3 Å². The first-order chi connectivity index (χ1) is 10.0. The first kappa shape index (κ1) is 14.5. The summed E-state index contributed by atoms with van der Waals surface area (Å²) in [6.45, 7) is 1.52. The second-order valence-electron chi connectivity index (χ2n) is 4.53. The van der Waals surface area contributed by atoms with Crippen LogP contribution in [0.1, 0.15) is 27.0 Å². The molecule has 0 amide bonds. The molecule has 0 aliphatic rings. The van der Waals surface area contributed by atoms with Gasteiger partial charge in [0.1, 0.15) is 12.4 Å². The lowest BCUT2D eigenvalue weighted by Gasteiger charge is -2.09. The van der Waals surface area contributed by atoms with E-state index in [0.717, 1.165) is 5.56 Å². The average Bonchev–Trinajstić information content (AvgIpc) is 2.49. The number of hydrogen-bond acceptors (Lipinski definition) is 4. The van der Waals surface area contributed by atoms with E-state index in [1.54, 1.807) is 25.1 Å². The van der Waals surface area contributed by atoms with E-state index < -0.39 is 11.8 Å². The first-order valence-corrected chi connectivity index (χ1v) is 6.23. The second-order valence-corrected chi connectivity index (χ2v) is 4.53. The van der Waals surface area contributed by atoms with E-state index in [2.05, 4.69) is 0 Å². The van der Waals surface area contributed by atoms with E-state index in [1.165, 1.54) is 18.2 Å². The Hall–Kier alpha value is -2.87. The van der Waals surface area contributed by atoms with Crippen molar-refractivity contribution in [3.05, 3.63) is 64.5 Å². The predicted molar refractivity (Wildman–Crippen MR) is 75.8 cm³/mol. The number of nitrogens with zero attached hydrogens (tertiary/aromatic N) is 1. The average molecular weight is 284 g/mol. The molecular weight excluding hydrogens is 271 g/mol. The standard InChI is InChI=1S/C16H13FN2O2/c1-10-3-2-4-13(15(10)19)16(20)21-9-12-7-11(8-18)5-6-14(12)17/h2-7H,9,19H2,1H3.